The zero-order valence-corrected chi connectivity index (χ0v) is 7.77. The summed E-state index contributed by atoms with van der Waals surface area (Å²) in [5.41, 5.74) is -0.0341. The maximum absolute atomic E-state index is 11.3. The summed E-state index contributed by atoms with van der Waals surface area (Å²) in [6, 6.07) is 2.91. The topological polar surface area (TPSA) is 82.5 Å². The third-order valence-corrected chi connectivity index (χ3v) is 1.56. The van der Waals surface area contributed by atoms with Gasteiger partial charge in [0, 0.05) is 12.7 Å². The van der Waals surface area contributed by atoms with Crippen LogP contribution in [-0.2, 0) is 0 Å². The normalized spacial score (nSPS) is 12.1. The average Bonchev–Trinajstić information content (AvgIpc) is 2.15. The summed E-state index contributed by atoms with van der Waals surface area (Å²) in [6.07, 6.45) is 0.793. The Morgan fingerprint density at radius 2 is 2.43 bits per heavy atom. The first-order chi connectivity index (χ1) is 6.61. The van der Waals surface area contributed by atoms with Crippen molar-refractivity contribution in [2.75, 3.05) is 6.54 Å². The lowest BCUT2D eigenvalue weighted by Gasteiger charge is -2.06. The molecule has 0 saturated carbocycles. The van der Waals surface area contributed by atoms with Gasteiger partial charge in [0.2, 0.25) is 0 Å². The number of aliphatic hydroxyl groups is 1. The van der Waals surface area contributed by atoms with E-state index in [1.807, 2.05) is 0 Å². The number of carbonyl (C=O) groups excluding carboxylic acids is 1. The Morgan fingerprint density at radius 3 is 3.00 bits per heavy atom. The second kappa shape index (κ2) is 4.57. The molecule has 1 amide bonds. The summed E-state index contributed by atoms with van der Waals surface area (Å²) in [4.78, 5) is 15.0. The van der Waals surface area contributed by atoms with Crippen molar-refractivity contribution in [2.45, 2.75) is 13.0 Å². The van der Waals surface area contributed by atoms with E-state index in [0.29, 0.717) is 0 Å². The van der Waals surface area contributed by atoms with Crippen molar-refractivity contribution in [1.82, 2.24) is 10.3 Å². The monoisotopic (exact) mass is 196 g/mol. The molecule has 1 atom stereocenters. The number of rotatable bonds is 3. The van der Waals surface area contributed by atoms with Crippen LogP contribution in [0.15, 0.2) is 18.3 Å². The van der Waals surface area contributed by atoms with Crippen molar-refractivity contribution in [1.29, 1.82) is 0 Å². The van der Waals surface area contributed by atoms with Crippen LogP contribution in [-0.4, -0.2) is 33.8 Å². The van der Waals surface area contributed by atoms with E-state index in [1.165, 1.54) is 18.3 Å². The smallest absolute Gasteiger partial charge is 0.273 e. The van der Waals surface area contributed by atoms with E-state index in [0.717, 1.165) is 0 Å². The molecule has 5 heteroatoms. The summed E-state index contributed by atoms with van der Waals surface area (Å²) >= 11 is 0. The number of aromatic nitrogens is 1. The second-order valence-electron chi connectivity index (χ2n) is 2.93. The van der Waals surface area contributed by atoms with E-state index in [1.54, 1.807) is 6.92 Å². The quantitative estimate of drug-likeness (QED) is 0.630. The summed E-state index contributed by atoms with van der Waals surface area (Å²) in [7, 11) is 0. The van der Waals surface area contributed by atoms with Gasteiger partial charge in [-0.25, -0.2) is 4.98 Å². The van der Waals surface area contributed by atoms with Gasteiger partial charge in [-0.3, -0.25) is 4.79 Å². The number of nitrogens with one attached hydrogen (secondary N) is 1. The van der Waals surface area contributed by atoms with Gasteiger partial charge in [-0.05, 0) is 19.1 Å². The van der Waals surface area contributed by atoms with E-state index in [-0.39, 0.29) is 18.0 Å². The Balaban J connectivity index is 2.65. The highest BCUT2D eigenvalue weighted by molar-refractivity contribution is 5.94. The van der Waals surface area contributed by atoms with Gasteiger partial charge in [-0.15, -0.1) is 0 Å². The van der Waals surface area contributed by atoms with Crippen LogP contribution >= 0.6 is 0 Å². The number of nitrogens with zero attached hydrogens (tertiary/aromatic N) is 1. The molecule has 0 aliphatic heterocycles. The molecule has 0 bridgehead atoms. The molecule has 0 radical (unpaired) electrons. The number of hydrogen-bond donors (Lipinski definition) is 3. The van der Waals surface area contributed by atoms with Crippen LogP contribution < -0.4 is 5.32 Å². The van der Waals surface area contributed by atoms with Gasteiger partial charge >= 0.3 is 0 Å². The standard InChI is InChI=1S/C9H12N2O3/c1-6(12)5-11-9(14)8-7(13)3-2-4-10-8/h2-4,6,12-13H,5H2,1H3,(H,11,14)/t6-/m0/s1. The minimum absolute atomic E-state index is 0.0341. The fourth-order valence-electron chi connectivity index (χ4n) is 0.896. The number of carbonyl (C=O) groups is 1. The first kappa shape index (κ1) is 10.5. The Hall–Kier alpha value is -1.62. The number of hydrogen-bond acceptors (Lipinski definition) is 4. The predicted octanol–water partition coefficient (Wildman–Crippen LogP) is -0.102. The van der Waals surface area contributed by atoms with Gasteiger partial charge in [0.15, 0.2) is 5.69 Å². The summed E-state index contributed by atoms with van der Waals surface area (Å²) in [5.74, 6) is -0.667. The molecule has 1 heterocycles. The lowest BCUT2D eigenvalue weighted by molar-refractivity contribution is 0.0916. The maximum atomic E-state index is 11.3. The molecular weight excluding hydrogens is 184 g/mol. The van der Waals surface area contributed by atoms with Crippen molar-refractivity contribution in [2.24, 2.45) is 0 Å². The molecule has 14 heavy (non-hydrogen) atoms. The SMILES string of the molecule is C[C@H](O)CNC(=O)c1ncccc1O. The Labute approximate surface area is 81.4 Å². The summed E-state index contributed by atoms with van der Waals surface area (Å²) in [6.45, 7) is 1.69. The number of pyridine rings is 1. The van der Waals surface area contributed by atoms with Crippen molar-refractivity contribution >= 4 is 5.91 Å². The molecule has 0 unspecified atom stereocenters. The Morgan fingerprint density at radius 1 is 1.71 bits per heavy atom. The van der Waals surface area contributed by atoms with Crippen LogP contribution in [0, 0.1) is 0 Å². The minimum Gasteiger partial charge on any atom is -0.505 e. The van der Waals surface area contributed by atoms with Crippen LogP contribution in [0.5, 0.6) is 5.75 Å². The predicted molar refractivity (Wildman–Crippen MR) is 49.9 cm³/mol. The van der Waals surface area contributed by atoms with Gasteiger partial charge < -0.3 is 15.5 Å². The zero-order chi connectivity index (χ0) is 10.6. The average molecular weight is 196 g/mol. The largest absolute Gasteiger partial charge is 0.505 e. The third-order valence-electron chi connectivity index (χ3n) is 1.56. The molecule has 1 rings (SSSR count). The molecule has 0 aliphatic rings. The molecule has 3 N–H and O–H groups in total. The summed E-state index contributed by atoms with van der Waals surface area (Å²) < 4.78 is 0. The molecule has 0 spiro atoms. The molecule has 0 aromatic carbocycles. The van der Waals surface area contributed by atoms with Gasteiger partial charge in [0.1, 0.15) is 5.75 Å². The second-order valence-corrected chi connectivity index (χ2v) is 2.93. The maximum Gasteiger partial charge on any atom is 0.273 e. The molecule has 1 aromatic heterocycles. The third kappa shape index (κ3) is 2.70. The van der Waals surface area contributed by atoms with Crippen LogP contribution in [0.1, 0.15) is 17.4 Å². The van der Waals surface area contributed by atoms with Crippen molar-refractivity contribution < 1.29 is 15.0 Å². The van der Waals surface area contributed by atoms with Crippen molar-refractivity contribution in [3.05, 3.63) is 24.0 Å². The van der Waals surface area contributed by atoms with Crippen molar-refractivity contribution in [3.8, 4) is 5.75 Å². The molecule has 0 saturated heterocycles. The van der Waals surface area contributed by atoms with E-state index < -0.39 is 12.0 Å². The molecular formula is C9H12N2O3. The van der Waals surface area contributed by atoms with E-state index in [2.05, 4.69) is 10.3 Å². The van der Waals surface area contributed by atoms with Gasteiger partial charge in [-0.2, -0.15) is 0 Å². The molecule has 76 valence electrons. The van der Waals surface area contributed by atoms with Crippen LogP contribution in [0.2, 0.25) is 0 Å². The first-order valence-electron chi connectivity index (χ1n) is 4.21. The fourth-order valence-corrected chi connectivity index (χ4v) is 0.896. The molecule has 0 fully saturated rings. The van der Waals surface area contributed by atoms with E-state index in [9.17, 15) is 9.90 Å². The molecule has 5 nitrogen and oxygen atoms in total. The summed E-state index contributed by atoms with van der Waals surface area (Å²) in [5, 5.41) is 20.6. The number of aromatic hydroxyl groups is 1. The zero-order valence-electron chi connectivity index (χ0n) is 7.77. The van der Waals surface area contributed by atoms with Crippen LogP contribution in [0.25, 0.3) is 0 Å². The fraction of sp³-hybridized carbons (Fsp3) is 0.333. The minimum atomic E-state index is -0.621. The van der Waals surface area contributed by atoms with Crippen LogP contribution in [0.3, 0.4) is 0 Å². The van der Waals surface area contributed by atoms with E-state index in [4.69, 9.17) is 5.11 Å². The lowest BCUT2D eigenvalue weighted by atomic mass is 10.3. The number of aliphatic hydroxyl groups excluding tert-OH is 1. The first-order valence-corrected chi connectivity index (χ1v) is 4.21. The van der Waals surface area contributed by atoms with Gasteiger partial charge in [0.05, 0.1) is 6.10 Å². The Kier molecular flexibility index (Phi) is 3.41. The van der Waals surface area contributed by atoms with E-state index >= 15 is 0 Å². The Bertz CT molecular complexity index is 326. The lowest BCUT2D eigenvalue weighted by Crippen LogP contribution is -2.31. The molecule has 1 aromatic rings. The molecule has 0 aliphatic carbocycles. The van der Waals surface area contributed by atoms with Gasteiger partial charge in [-0.1, -0.05) is 0 Å². The van der Waals surface area contributed by atoms with Crippen LogP contribution in [0.4, 0.5) is 0 Å². The highest BCUT2D eigenvalue weighted by Crippen LogP contribution is 2.11. The number of amides is 1. The highest BCUT2D eigenvalue weighted by Gasteiger charge is 2.11. The van der Waals surface area contributed by atoms with Gasteiger partial charge in [0.25, 0.3) is 5.91 Å². The van der Waals surface area contributed by atoms with Crippen molar-refractivity contribution in [3.63, 3.8) is 0 Å². The highest BCUT2D eigenvalue weighted by atomic mass is 16.3.